The van der Waals surface area contributed by atoms with Crippen molar-refractivity contribution in [2.45, 2.75) is 62.8 Å². The summed E-state index contributed by atoms with van der Waals surface area (Å²) >= 11 is 0. The van der Waals surface area contributed by atoms with Crippen LogP contribution in [-0.4, -0.2) is 34.3 Å². The molecule has 0 aromatic heterocycles. The Morgan fingerprint density at radius 1 is 1.24 bits per heavy atom. The Morgan fingerprint density at radius 2 is 1.94 bits per heavy atom. The lowest BCUT2D eigenvalue weighted by atomic mass is 10.2. The molecule has 1 heterocycles. The smallest absolute Gasteiger partial charge is 0.392 e. The number of nitrogens with one attached hydrogen (secondary N) is 1. The van der Waals surface area contributed by atoms with Gasteiger partial charge in [-0.05, 0) is 38.5 Å². The molecule has 0 aromatic rings. The molecule has 0 radical (unpaired) electrons. The fourth-order valence-electron chi connectivity index (χ4n) is 2.59. The second kappa shape index (κ2) is 5.34. The summed E-state index contributed by atoms with van der Waals surface area (Å²) in [6, 6.07) is 0.204. The fraction of sp³-hybridized carbons (Fsp3) is 1.00. The first-order valence-corrected chi connectivity index (χ1v) is 7.78. The van der Waals surface area contributed by atoms with Gasteiger partial charge < -0.3 is 15.7 Å². The standard InChI is InChI=1S/C5H10NO3P.C5H11NO/c7-10(8)6-4-2-1-3-5(4)9-10;6-4-2-1-3-5(4)7/h4-5H,1-3H2,(H2,6,7,8);4-5,7H,1-3,6H2. The van der Waals surface area contributed by atoms with Gasteiger partial charge in [0.25, 0.3) is 0 Å². The topological polar surface area (TPSA) is 105 Å². The number of hydrogen-bond donors (Lipinski definition) is 4. The third-order valence-corrected chi connectivity index (χ3v) is 4.81. The molecule has 5 unspecified atom stereocenters. The Morgan fingerprint density at radius 3 is 2.41 bits per heavy atom. The van der Waals surface area contributed by atoms with Crippen molar-refractivity contribution >= 4 is 7.75 Å². The van der Waals surface area contributed by atoms with Crippen LogP contribution in [0.1, 0.15) is 38.5 Å². The van der Waals surface area contributed by atoms with Crippen LogP contribution in [-0.2, 0) is 9.09 Å². The maximum absolute atomic E-state index is 10.8. The summed E-state index contributed by atoms with van der Waals surface area (Å²) in [6.45, 7) is 0. The van der Waals surface area contributed by atoms with Gasteiger partial charge in [-0.15, -0.1) is 0 Å². The van der Waals surface area contributed by atoms with Crippen molar-refractivity contribution < 1.29 is 19.1 Å². The summed E-state index contributed by atoms with van der Waals surface area (Å²) in [5.74, 6) is 0. The second-order valence-electron chi connectivity index (χ2n) is 4.99. The molecule has 3 rings (SSSR count). The first kappa shape index (κ1) is 13.5. The molecule has 17 heavy (non-hydrogen) atoms. The normalized spacial score (nSPS) is 48.6. The van der Waals surface area contributed by atoms with Crippen molar-refractivity contribution in [3.8, 4) is 0 Å². The maximum Gasteiger partial charge on any atom is 0.403 e. The number of hydrogen-bond acceptors (Lipinski definition) is 4. The molecule has 5 atom stereocenters. The zero-order chi connectivity index (χ0) is 12.5. The van der Waals surface area contributed by atoms with E-state index in [2.05, 4.69) is 5.09 Å². The largest absolute Gasteiger partial charge is 0.403 e. The van der Waals surface area contributed by atoms with Gasteiger partial charge in [0.15, 0.2) is 0 Å². The lowest BCUT2D eigenvalue weighted by molar-refractivity contribution is 0.165. The van der Waals surface area contributed by atoms with Crippen LogP contribution in [0.5, 0.6) is 0 Å². The van der Waals surface area contributed by atoms with E-state index in [0.717, 1.165) is 38.5 Å². The molecule has 5 N–H and O–H groups in total. The average molecular weight is 264 g/mol. The third-order valence-electron chi connectivity index (χ3n) is 3.59. The lowest BCUT2D eigenvalue weighted by Gasteiger charge is -2.04. The van der Waals surface area contributed by atoms with E-state index in [1.54, 1.807) is 0 Å². The van der Waals surface area contributed by atoms with E-state index < -0.39 is 7.75 Å². The predicted molar refractivity (Wildman–Crippen MR) is 63.3 cm³/mol. The number of nitrogens with two attached hydrogens (primary N) is 1. The van der Waals surface area contributed by atoms with Crippen molar-refractivity contribution in [1.82, 2.24) is 5.09 Å². The minimum atomic E-state index is -3.37. The molecule has 2 saturated carbocycles. The van der Waals surface area contributed by atoms with Crippen LogP contribution in [0.2, 0.25) is 0 Å². The summed E-state index contributed by atoms with van der Waals surface area (Å²) < 4.78 is 15.7. The molecular weight excluding hydrogens is 243 g/mol. The summed E-state index contributed by atoms with van der Waals surface area (Å²) in [7, 11) is -3.37. The monoisotopic (exact) mass is 264 g/mol. The average Bonchev–Trinajstić information content (AvgIpc) is 2.84. The van der Waals surface area contributed by atoms with Crippen molar-refractivity contribution in [2.24, 2.45) is 5.73 Å². The first-order chi connectivity index (χ1) is 7.98. The Labute approximate surface area is 101 Å². The van der Waals surface area contributed by atoms with E-state index in [0.29, 0.717) is 0 Å². The van der Waals surface area contributed by atoms with Gasteiger partial charge in [-0.2, -0.15) is 0 Å². The molecule has 1 saturated heterocycles. The van der Waals surface area contributed by atoms with Gasteiger partial charge >= 0.3 is 7.75 Å². The van der Waals surface area contributed by atoms with Gasteiger partial charge in [-0.1, -0.05) is 0 Å². The van der Waals surface area contributed by atoms with Crippen molar-refractivity contribution in [3.63, 3.8) is 0 Å². The van der Waals surface area contributed by atoms with Gasteiger partial charge in [-0.3, -0.25) is 4.52 Å². The highest BCUT2D eigenvalue weighted by Crippen LogP contribution is 2.49. The highest BCUT2D eigenvalue weighted by molar-refractivity contribution is 7.50. The summed E-state index contributed by atoms with van der Waals surface area (Å²) in [6.07, 6.45) is 5.78. The molecule has 3 aliphatic rings. The van der Waals surface area contributed by atoms with E-state index in [1.807, 2.05) is 0 Å². The van der Waals surface area contributed by atoms with E-state index in [4.69, 9.17) is 20.3 Å². The Hall–Kier alpha value is 0.0300. The fourth-order valence-corrected chi connectivity index (χ4v) is 3.99. The molecule has 0 bridgehead atoms. The molecule has 0 amide bonds. The highest BCUT2D eigenvalue weighted by Gasteiger charge is 2.43. The van der Waals surface area contributed by atoms with Crippen LogP contribution in [0.15, 0.2) is 0 Å². The van der Waals surface area contributed by atoms with Crippen LogP contribution < -0.4 is 10.8 Å². The van der Waals surface area contributed by atoms with Gasteiger partial charge in [0.1, 0.15) is 0 Å². The Bertz CT molecular complexity index is 291. The Kier molecular flexibility index (Phi) is 4.23. The quantitative estimate of drug-likeness (QED) is 0.474. The van der Waals surface area contributed by atoms with E-state index in [1.165, 1.54) is 0 Å². The van der Waals surface area contributed by atoms with E-state index in [9.17, 15) is 4.57 Å². The SMILES string of the molecule is NC1CCCC1O.O=P1(O)NC2CCCC2O1. The molecule has 0 spiro atoms. The van der Waals surface area contributed by atoms with Gasteiger partial charge in [0.2, 0.25) is 0 Å². The molecule has 100 valence electrons. The first-order valence-electron chi connectivity index (χ1n) is 6.20. The molecule has 1 aliphatic heterocycles. The number of fused-ring (bicyclic) bond motifs is 1. The van der Waals surface area contributed by atoms with Crippen molar-refractivity contribution in [2.75, 3.05) is 0 Å². The zero-order valence-electron chi connectivity index (χ0n) is 9.79. The minimum absolute atomic E-state index is 0.00386. The zero-order valence-corrected chi connectivity index (χ0v) is 10.7. The van der Waals surface area contributed by atoms with Crippen LogP contribution in [0.25, 0.3) is 0 Å². The minimum Gasteiger partial charge on any atom is -0.392 e. The number of rotatable bonds is 0. The van der Waals surface area contributed by atoms with Crippen LogP contribution in [0.3, 0.4) is 0 Å². The Balaban J connectivity index is 0.000000136. The molecule has 0 aromatic carbocycles. The molecular formula is C10H21N2O4P. The van der Waals surface area contributed by atoms with Gasteiger partial charge in [0.05, 0.1) is 12.2 Å². The number of aliphatic hydroxyl groups is 1. The van der Waals surface area contributed by atoms with Crippen LogP contribution in [0, 0.1) is 0 Å². The van der Waals surface area contributed by atoms with E-state index in [-0.39, 0.29) is 24.3 Å². The van der Waals surface area contributed by atoms with E-state index >= 15 is 0 Å². The number of aliphatic hydroxyl groups excluding tert-OH is 1. The van der Waals surface area contributed by atoms with Crippen LogP contribution in [0.4, 0.5) is 0 Å². The molecule has 6 nitrogen and oxygen atoms in total. The maximum atomic E-state index is 10.8. The molecule has 7 heteroatoms. The van der Waals surface area contributed by atoms with Crippen molar-refractivity contribution in [1.29, 1.82) is 0 Å². The summed E-state index contributed by atoms with van der Waals surface area (Å²) in [5, 5.41) is 11.5. The van der Waals surface area contributed by atoms with Crippen molar-refractivity contribution in [3.05, 3.63) is 0 Å². The predicted octanol–water partition coefficient (Wildman–Crippen LogP) is 0.486. The third kappa shape index (κ3) is 3.50. The summed E-state index contributed by atoms with van der Waals surface area (Å²) in [4.78, 5) is 8.92. The molecule has 3 fully saturated rings. The summed E-state index contributed by atoms with van der Waals surface area (Å²) in [5.41, 5.74) is 5.43. The van der Waals surface area contributed by atoms with Gasteiger partial charge in [-0.25, -0.2) is 9.65 Å². The lowest BCUT2D eigenvalue weighted by Crippen LogP contribution is -2.28. The van der Waals surface area contributed by atoms with Gasteiger partial charge in [0, 0.05) is 12.1 Å². The highest BCUT2D eigenvalue weighted by atomic mass is 31.2. The van der Waals surface area contributed by atoms with Crippen LogP contribution >= 0.6 is 7.75 Å². The molecule has 2 aliphatic carbocycles. The second-order valence-corrected chi connectivity index (χ2v) is 6.50.